The third-order valence-corrected chi connectivity index (χ3v) is 2.48. The lowest BCUT2D eigenvalue weighted by Crippen LogP contribution is -2.04. The molecule has 1 aromatic rings. The molecule has 0 radical (unpaired) electrons. The molecule has 0 heterocycles. The molecule has 0 aliphatic heterocycles. The molecular formula is C12H11BrO3. The third kappa shape index (κ3) is 3.98. The lowest BCUT2D eigenvalue weighted by Gasteiger charge is -2.01. The van der Waals surface area contributed by atoms with Crippen LogP contribution in [0.25, 0.3) is 6.08 Å². The van der Waals surface area contributed by atoms with Crippen LogP contribution in [0.1, 0.15) is 18.9 Å². The van der Waals surface area contributed by atoms with Gasteiger partial charge in [-0.2, -0.15) is 0 Å². The van der Waals surface area contributed by atoms with Crippen molar-refractivity contribution in [2.45, 2.75) is 13.3 Å². The molecule has 0 saturated heterocycles. The predicted molar refractivity (Wildman–Crippen MR) is 65.1 cm³/mol. The van der Waals surface area contributed by atoms with Gasteiger partial charge in [-0.25, -0.2) is 0 Å². The number of carbonyl (C=O) groups is 2. The summed E-state index contributed by atoms with van der Waals surface area (Å²) in [5, 5.41) is 8.66. The first kappa shape index (κ1) is 12.6. The van der Waals surface area contributed by atoms with Crippen LogP contribution in [0.15, 0.2) is 34.3 Å². The molecule has 16 heavy (non-hydrogen) atoms. The topological polar surface area (TPSA) is 54.4 Å². The minimum atomic E-state index is -1.00. The standard InChI is InChI=1S/C12H11BrO3/c1-8(14)10(7-12(15)16)5-9-3-2-4-11(13)6-9/h2-6H,7H2,1H3,(H,15,16)/b10-5+. The summed E-state index contributed by atoms with van der Waals surface area (Å²) < 4.78 is 0.888. The lowest BCUT2D eigenvalue weighted by molar-refractivity contribution is -0.136. The number of hydrogen-bond acceptors (Lipinski definition) is 2. The van der Waals surface area contributed by atoms with E-state index in [9.17, 15) is 9.59 Å². The summed E-state index contributed by atoms with van der Waals surface area (Å²) in [5.74, 6) is -1.22. The SMILES string of the molecule is CC(=O)/C(=C/c1cccc(Br)c1)CC(=O)O. The molecule has 3 nitrogen and oxygen atoms in total. The second-order valence-electron chi connectivity index (χ2n) is 3.35. The number of carboxylic acid groups (broad SMARTS) is 1. The number of ketones is 1. The summed E-state index contributed by atoms with van der Waals surface area (Å²) in [7, 11) is 0. The molecule has 4 heteroatoms. The van der Waals surface area contributed by atoms with Gasteiger partial charge in [0.05, 0.1) is 6.42 Å². The molecule has 0 spiro atoms. The van der Waals surface area contributed by atoms with Crippen LogP contribution >= 0.6 is 15.9 Å². The van der Waals surface area contributed by atoms with E-state index in [0.29, 0.717) is 5.57 Å². The molecule has 0 unspecified atom stereocenters. The Morgan fingerprint density at radius 1 is 1.44 bits per heavy atom. The number of Topliss-reactive ketones (excluding diaryl/α,β-unsaturated/α-hetero) is 1. The Morgan fingerprint density at radius 3 is 2.62 bits per heavy atom. The Labute approximate surface area is 102 Å². The van der Waals surface area contributed by atoms with Crippen LogP contribution in [0.5, 0.6) is 0 Å². The number of aliphatic carboxylic acids is 1. The number of benzene rings is 1. The van der Waals surface area contributed by atoms with Crippen molar-refractivity contribution in [3.63, 3.8) is 0 Å². The van der Waals surface area contributed by atoms with Crippen LogP contribution in [0.4, 0.5) is 0 Å². The van der Waals surface area contributed by atoms with Crippen LogP contribution in [0, 0.1) is 0 Å². The monoisotopic (exact) mass is 282 g/mol. The van der Waals surface area contributed by atoms with Crippen LogP contribution in [0.3, 0.4) is 0 Å². The van der Waals surface area contributed by atoms with Crippen LogP contribution in [-0.4, -0.2) is 16.9 Å². The minimum Gasteiger partial charge on any atom is -0.481 e. The van der Waals surface area contributed by atoms with E-state index in [1.165, 1.54) is 6.92 Å². The first-order valence-corrected chi connectivity index (χ1v) is 5.47. The van der Waals surface area contributed by atoms with Gasteiger partial charge in [-0.1, -0.05) is 28.1 Å². The highest BCUT2D eigenvalue weighted by Gasteiger charge is 2.08. The molecule has 0 aliphatic rings. The number of carboxylic acids is 1. The fourth-order valence-electron chi connectivity index (χ4n) is 1.24. The highest BCUT2D eigenvalue weighted by atomic mass is 79.9. The summed E-state index contributed by atoms with van der Waals surface area (Å²) in [6.45, 7) is 1.37. The van der Waals surface area contributed by atoms with Crippen LogP contribution in [0.2, 0.25) is 0 Å². The smallest absolute Gasteiger partial charge is 0.307 e. The zero-order valence-corrected chi connectivity index (χ0v) is 10.3. The summed E-state index contributed by atoms with van der Waals surface area (Å²) in [6, 6.07) is 7.33. The van der Waals surface area contributed by atoms with Gasteiger partial charge >= 0.3 is 5.97 Å². The van der Waals surface area contributed by atoms with Gasteiger partial charge in [0.1, 0.15) is 0 Å². The molecule has 0 aliphatic carbocycles. The Kier molecular flexibility index (Phi) is 4.43. The summed E-state index contributed by atoms with van der Waals surface area (Å²) in [4.78, 5) is 21.8. The molecule has 1 N–H and O–H groups in total. The molecule has 0 saturated carbocycles. The van der Waals surface area contributed by atoms with Gasteiger partial charge < -0.3 is 5.11 Å². The summed E-state index contributed by atoms with van der Waals surface area (Å²) in [5.41, 5.74) is 1.10. The van der Waals surface area contributed by atoms with Gasteiger partial charge in [0.2, 0.25) is 0 Å². The van der Waals surface area contributed by atoms with E-state index >= 15 is 0 Å². The van der Waals surface area contributed by atoms with Crippen molar-refractivity contribution in [3.05, 3.63) is 39.9 Å². The van der Waals surface area contributed by atoms with Gasteiger partial charge in [0.15, 0.2) is 5.78 Å². The van der Waals surface area contributed by atoms with Crippen LogP contribution < -0.4 is 0 Å². The largest absolute Gasteiger partial charge is 0.481 e. The predicted octanol–water partition coefficient (Wildman–Crippen LogP) is 2.90. The summed E-state index contributed by atoms with van der Waals surface area (Å²) in [6.07, 6.45) is 1.35. The Balaban J connectivity index is 3.02. The van der Waals surface area contributed by atoms with E-state index < -0.39 is 5.97 Å². The van der Waals surface area contributed by atoms with E-state index in [0.717, 1.165) is 10.0 Å². The van der Waals surface area contributed by atoms with Crippen molar-refractivity contribution < 1.29 is 14.7 Å². The molecule has 1 rings (SSSR count). The first-order valence-electron chi connectivity index (χ1n) is 4.68. The highest BCUT2D eigenvalue weighted by Crippen LogP contribution is 2.16. The number of carbonyl (C=O) groups excluding carboxylic acids is 1. The van der Waals surface area contributed by atoms with Crippen molar-refractivity contribution in [3.8, 4) is 0 Å². The Hall–Kier alpha value is -1.42. The highest BCUT2D eigenvalue weighted by molar-refractivity contribution is 9.10. The van der Waals surface area contributed by atoms with Crippen molar-refractivity contribution in [1.29, 1.82) is 0 Å². The van der Waals surface area contributed by atoms with E-state index in [2.05, 4.69) is 15.9 Å². The quantitative estimate of drug-likeness (QED) is 0.864. The van der Waals surface area contributed by atoms with E-state index in [1.807, 2.05) is 24.3 Å². The van der Waals surface area contributed by atoms with Crippen molar-refractivity contribution in [1.82, 2.24) is 0 Å². The molecule has 0 fully saturated rings. The first-order chi connectivity index (χ1) is 7.49. The second kappa shape index (κ2) is 5.61. The molecule has 0 atom stereocenters. The number of rotatable bonds is 4. The van der Waals surface area contributed by atoms with Gasteiger partial charge in [0.25, 0.3) is 0 Å². The molecule has 0 bridgehead atoms. The molecule has 1 aromatic carbocycles. The third-order valence-electron chi connectivity index (χ3n) is 1.98. The number of hydrogen-bond donors (Lipinski definition) is 1. The maximum atomic E-state index is 11.2. The average molecular weight is 283 g/mol. The molecule has 84 valence electrons. The van der Waals surface area contributed by atoms with Crippen LogP contribution in [-0.2, 0) is 9.59 Å². The van der Waals surface area contributed by atoms with E-state index in [-0.39, 0.29) is 12.2 Å². The second-order valence-corrected chi connectivity index (χ2v) is 4.27. The summed E-state index contributed by atoms with van der Waals surface area (Å²) >= 11 is 3.31. The maximum absolute atomic E-state index is 11.2. The van der Waals surface area contributed by atoms with Gasteiger partial charge in [-0.15, -0.1) is 0 Å². The lowest BCUT2D eigenvalue weighted by atomic mass is 10.1. The maximum Gasteiger partial charge on any atom is 0.307 e. The van der Waals surface area contributed by atoms with Crippen molar-refractivity contribution >= 4 is 33.8 Å². The number of halogens is 1. The van der Waals surface area contributed by atoms with E-state index in [1.54, 1.807) is 6.08 Å². The Morgan fingerprint density at radius 2 is 2.12 bits per heavy atom. The minimum absolute atomic E-state index is 0.220. The normalized spacial score (nSPS) is 11.2. The molecule has 0 aromatic heterocycles. The van der Waals surface area contributed by atoms with Crippen molar-refractivity contribution in [2.24, 2.45) is 0 Å². The van der Waals surface area contributed by atoms with Gasteiger partial charge in [-0.05, 0) is 30.7 Å². The fourth-order valence-corrected chi connectivity index (χ4v) is 1.65. The van der Waals surface area contributed by atoms with E-state index in [4.69, 9.17) is 5.11 Å². The molecular weight excluding hydrogens is 272 g/mol. The zero-order valence-electron chi connectivity index (χ0n) is 8.74. The van der Waals surface area contributed by atoms with Gasteiger partial charge in [0, 0.05) is 10.0 Å². The van der Waals surface area contributed by atoms with Crippen molar-refractivity contribution in [2.75, 3.05) is 0 Å². The fraction of sp³-hybridized carbons (Fsp3) is 0.167. The average Bonchev–Trinajstić information content (AvgIpc) is 2.15. The zero-order chi connectivity index (χ0) is 12.1. The Bertz CT molecular complexity index is 449. The van der Waals surface area contributed by atoms with Gasteiger partial charge in [-0.3, -0.25) is 9.59 Å². The molecule has 0 amide bonds.